The minimum Gasteiger partial charge on any atom is -0.462 e. The molecule has 0 radical (unpaired) electrons. The van der Waals surface area contributed by atoms with Crippen LogP contribution in [0.15, 0.2) is 28.2 Å². The summed E-state index contributed by atoms with van der Waals surface area (Å²) in [6.07, 6.45) is 4.94. The van der Waals surface area contributed by atoms with Gasteiger partial charge in [-0.25, -0.2) is 4.98 Å². The van der Waals surface area contributed by atoms with E-state index in [1.54, 1.807) is 11.6 Å². The molecule has 2 aromatic rings. The van der Waals surface area contributed by atoms with E-state index in [0.29, 0.717) is 23.4 Å². The Morgan fingerprint density at radius 3 is 3.11 bits per heavy atom. The molecule has 1 aliphatic carbocycles. The fourth-order valence-electron chi connectivity index (χ4n) is 2.49. The van der Waals surface area contributed by atoms with Crippen molar-refractivity contribution in [3.8, 4) is 10.8 Å². The zero-order valence-corrected chi connectivity index (χ0v) is 11.6. The first-order valence-corrected chi connectivity index (χ1v) is 7.40. The third-order valence-corrected chi connectivity index (χ3v) is 4.36. The van der Waals surface area contributed by atoms with Gasteiger partial charge in [0.15, 0.2) is 10.8 Å². The molecule has 100 valence electrons. The highest BCUT2D eigenvalue weighted by Crippen LogP contribution is 2.26. The Bertz CT molecular complexity index is 562. The van der Waals surface area contributed by atoms with E-state index in [9.17, 15) is 4.79 Å². The molecule has 5 heteroatoms. The van der Waals surface area contributed by atoms with Crippen molar-refractivity contribution in [3.05, 3.63) is 29.5 Å². The van der Waals surface area contributed by atoms with Crippen LogP contribution in [0.1, 0.15) is 36.7 Å². The lowest BCUT2D eigenvalue weighted by Gasteiger charge is -2.10. The Labute approximate surface area is 115 Å². The third-order valence-electron chi connectivity index (χ3n) is 3.50. The first-order chi connectivity index (χ1) is 9.22. The van der Waals surface area contributed by atoms with Crippen LogP contribution in [0.3, 0.4) is 0 Å². The summed E-state index contributed by atoms with van der Waals surface area (Å²) in [7, 11) is 0. The van der Waals surface area contributed by atoms with Crippen LogP contribution in [-0.2, 0) is 0 Å². The molecule has 3 rings (SSSR count). The highest BCUT2D eigenvalue weighted by Gasteiger charge is 2.24. The average Bonchev–Trinajstić information content (AvgIpc) is 3.08. The Kier molecular flexibility index (Phi) is 3.38. The van der Waals surface area contributed by atoms with E-state index in [1.165, 1.54) is 17.8 Å². The summed E-state index contributed by atoms with van der Waals surface area (Å²) >= 11 is 1.43. The van der Waals surface area contributed by atoms with Gasteiger partial charge in [0.1, 0.15) is 5.69 Å². The summed E-state index contributed by atoms with van der Waals surface area (Å²) in [5, 5.41) is 5.59. The Hall–Kier alpha value is -1.62. The largest absolute Gasteiger partial charge is 0.462 e. The van der Waals surface area contributed by atoms with E-state index in [0.717, 1.165) is 17.8 Å². The molecule has 2 atom stereocenters. The van der Waals surface area contributed by atoms with Crippen molar-refractivity contribution in [2.75, 3.05) is 0 Å². The summed E-state index contributed by atoms with van der Waals surface area (Å²) in [6.45, 7) is 2.23. The van der Waals surface area contributed by atoms with Crippen LogP contribution in [0.25, 0.3) is 10.8 Å². The third kappa shape index (κ3) is 2.71. The summed E-state index contributed by atoms with van der Waals surface area (Å²) in [5.74, 6) is 1.34. The van der Waals surface area contributed by atoms with Crippen LogP contribution in [0.4, 0.5) is 0 Å². The molecule has 0 spiro atoms. The quantitative estimate of drug-likeness (QED) is 0.935. The highest BCUT2D eigenvalue weighted by molar-refractivity contribution is 7.13. The fourth-order valence-corrected chi connectivity index (χ4v) is 3.26. The SMILES string of the molecule is CC1CCC(NC(=O)c2csc(-c3ccco3)n2)C1. The molecule has 19 heavy (non-hydrogen) atoms. The lowest BCUT2D eigenvalue weighted by Crippen LogP contribution is -2.33. The first-order valence-electron chi connectivity index (χ1n) is 6.52. The second-order valence-corrected chi connectivity index (χ2v) is 5.96. The van der Waals surface area contributed by atoms with Crippen LogP contribution < -0.4 is 5.32 Å². The molecule has 0 aromatic carbocycles. The monoisotopic (exact) mass is 276 g/mol. The number of carbonyl (C=O) groups excluding carboxylic acids is 1. The molecule has 1 saturated carbocycles. The van der Waals surface area contributed by atoms with Gasteiger partial charge in [-0.05, 0) is 37.3 Å². The van der Waals surface area contributed by atoms with Crippen LogP contribution in [0.5, 0.6) is 0 Å². The molecule has 0 bridgehead atoms. The van der Waals surface area contributed by atoms with Gasteiger partial charge in [-0.3, -0.25) is 4.79 Å². The first kappa shape index (κ1) is 12.4. The number of carbonyl (C=O) groups is 1. The molecule has 1 fully saturated rings. The Morgan fingerprint density at radius 2 is 2.42 bits per heavy atom. The van der Waals surface area contributed by atoms with Gasteiger partial charge in [-0.15, -0.1) is 11.3 Å². The summed E-state index contributed by atoms with van der Waals surface area (Å²) < 4.78 is 5.28. The van der Waals surface area contributed by atoms with Crippen molar-refractivity contribution in [2.45, 2.75) is 32.2 Å². The number of amides is 1. The van der Waals surface area contributed by atoms with Gasteiger partial charge < -0.3 is 9.73 Å². The standard InChI is InChI=1S/C14H16N2O2S/c1-9-4-5-10(7-9)15-13(17)11-8-19-14(16-11)12-3-2-6-18-12/h2-3,6,8-10H,4-5,7H2,1H3,(H,15,17). The normalized spacial score (nSPS) is 22.6. The number of thiazole rings is 1. The average molecular weight is 276 g/mol. The molecule has 4 nitrogen and oxygen atoms in total. The molecular weight excluding hydrogens is 260 g/mol. The van der Waals surface area contributed by atoms with Crippen molar-refractivity contribution >= 4 is 17.2 Å². The summed E-state index contributed by atoms with van der Waals surface area (Å²) in [6, 6.07) is 3.96. The Balaban J connectivity index is 1.67. The van der Waals surface area contributed by atoms with Gasteiger partial charge in [-0.2, -0.15) is 0 Å². The van der Waals surface area contributed by atoms with E-state index in [1.807, 2.05) is 12.1 Å². The molecule has 1 amide bonds. The molecule has 1 aliphatic rings. The maximum Gasteiger partial charge on any atom is 0.270 e. The number of furan rings is 1. The summed E-state index contributed by atoms with van der Waals surface area (Å²) in [5.41, 5.74) is 0.482. The van der Waals surface area contributed by atoms with Crippen LogP contribution in [0, 0.1) is 5.92 Å². The number of nitrogens with zero attached hydrogens (tertiary/aromatic N) is 1. The molecule has 0 aliphatic heterocycles. The van der Waals surface area contributed by atoms with Gasteiger partial charge in [0, 0.05) is 11.4 Å². The summed E-state index contributed by atoms with van der Waals surface area (Å²) in [4.78, 5) is 16.4. The van der Waals surface area contributed by atoms with Gasteiger partial charge in [0.25, 0.3) is 5.91 Å². The van der Waals surface area contributed by atoms with Crippen LogP contribution in [0.2, 0.25) is 0 Å². The van der Waals surface area contributed by atoms with E-state index < -0.39 is 0 Å². The number of hydrogen-bond acceptors (Lipinski definition) is 4. The lowest BCUT2D eigenvalue weighted by atomic mass is 10.1. The Morgan fingerprint density at radius 1 is 1.53 bits per heavy atom. The van der Waals surface area contributed by atoms with Crippen molar-refractivity contribution in [2.24, 2.45) is 5.92 Å². The van der Waals surface area contributed by atoms with Crippen molar-refractivity contribution < 1.29 is 9.21 Å². The number of aromatic nitrogens is 1. The van der Waals surface area contributed by atoms with Crippen molar-refractivity contribution in [3.63, 3.8) is 0 Å². The van der Waals surface area contributed by atoms with E-state index in [2.05, 4.69) is 17.2 Å². The predicted molar refractivity (Wildman–Crippen MR) is 74.1 cm³/mol. The highest BCUT2D eigenvalue weighted by atomic mass is 32.1. The van der Waals surface area contributed by atoms with Gasteiger partial charge in [-0.1, -0.05) is 6.92 Å². The van der Waals surface area contributed by atoms with Crippen LogP contribution >= 0.6 is 11.3 Å². The van der Waals surface area contributed by atoms with Crippen molar-refractivity contribution in [1.82, 2.24) is 10.3 Å². The van der Waals surface area contributed by atoms with Gasteiger partial charge in [0.05, 0.1) is 6.26 Å². The van der Waals surface area contributed by atoms with Gasteiger partial charge in [0.2, 0.25) is 0 Å². The second kappa shape index (κ2) is 5.17. The number of nitrogens with one attached hydrogen (secondary N) is 1. The molecule has 2 unspecified atom stereocenters. The number of hydrogen-bond donors (Lipinski definition) is 1. The topological polar surface area (TPSA) is 55.1 Å². The van der Waals surface area contributed by atoms with Crippen molar-refractivity contribution in [1.29, 1.82) is 0 Å². The van der Waals surface area contributed by atoms with E-state index in [-0.39, 0.29) is 5.91 Å². The second-order valence-electron chi connectivity index (χ2n) is 5.10. The number of rotatable bonds is 3. The van der Waals surface area contributed by atoms with Gasteiger partial charge >= 0.3 is 0 Å². The fraction of sp³-hybridized carbons (Fsp3) is 0.429. The van der Waals surface area contributed by atoms with Crippen LogP contribution in [-0.4, -0.2) is 16.9 Å². The predicted octanol–water partition coefficient (Wildman–Crippen LogP) is 3.32. The minimum absolute atomic E-state index is 0.0758. The lowest BCUT2D eigenvalue weighted by molar-refractivity contribution is 0.0933. The molecule has 2 aromatic heterocycles. The molecule has 0 saturated heterocycles. The zero-order valence-electron chi connectivity index (χ0n) is 10.8. The minimum atomic E-state index is -0.0758. The van der Waals surface area contributed by atoms with E-state index in [4.69, 9.17) is 4.42 Å². The maximum absolute atomic E-state index is 12.1. The molecule has 1 N–H and O–H groups in total. The maximum atomic E-state index is 12.1. The smallest absolute Gasteiger partial charge is 0.270 e. The molecular formula is C14H16N2O2S. The zero-order chi connectivity index (χ0) is 13.2. The van der Waals surface area contributed by atoms with E-state index >= 15 is 0 Å². The molecule has 2 heterocycles.